The maximum absolute atomic E-state index is 12.7. The van der Waals surface area contributed by atoms with Crippen molar-refractivity contribution in [2.24, 2.45) is 0 Å². The van der Waals surface area contributed by atoms with Gasteiger partial charge in [-0.2, -0.15) is 0 Å². The molecule has 1 unspecified atom stereocenters. The number of ketones is 1. The van der Waals surface area contributed by atoms with E-state index in [2.05, 4.69) is 34.1 Å². The van der Waals surface area contributed by atoms with Crippen LogP contribution in [0, 0.1) is 13.8 Å². The summed E-state index contributed by atoms with van der Waals surface area (Å²) in [5.74, 6) is 0.246. The molecule has 0 radical (unpaired) electrons. The highest BCUT2D eigenvalue weighted by Crippen LogP contribution is 2.32. The Morgan fingerprint density at radius 1 is 1.22 bits per heavy atom. The average molecular weight is 398 g/mol. The van der Waals surface area contributed by atoms with Crippen LogP contribution in [0.2, 0.25) is 0 Å². The Hall–Kier alpha value is -1.89. The normalized spacial score (nSPS) is 17.5. The average Bonchev–Trinajstić information content (AvgIpc) is 3.36. The topological polar surface area (TPSA) is 46.1 Å². The zero-order chi connectivity index (χ0) is 18.8. The quantitative estimate of drug-likeness (QED) is 0.597. The van der Waals surface area contributed by atoms with Crippen LogP contribution < -0.4 is 0 Å². The van der Waals surface area contributed by atoms with Crippen LogP contribution in [-0.4, -0.2) is 33.7 Å². The number of aryl methyl sites for hydroxylation is 2. The van der Waals surface area contributed by atoms with Crippen molar-refractivity contribution in [1.82, 2.24) is 14.9 Å². The van der Waals surface area contributed by atoms with Gasteiger partial charge in [-0.15, -0.1) is 22.7 Å². The molecule has 1 atom stereocenters. The molecule has 1 saturated heterocycles. The molecule has 140 valence electrons. The van der Waals surface area contributed by atoms with Crippen molar-refractivity contribution in [3.8, 4) is 10.6 Å². The molecule has 0 N–H and O–H groups in total. The lowest BCUT2D eigenvalue weighted by molar-refractivity contribution is -0.119. The summed E-state index contributed by atoms with van der Waals surface area (Å²) < 4.78 is 0. The molecule has 4 nitrogen and oxygen atoms in total. The third-order valence-corrected chi connectivity index (χ3v) is 6.91. The molecule has 0 amide bonds. The number of hydrogen-bond acceptors (Lipinski definition) is 6. The highest BCUT2D eigenvalue weighted by atomic mass is 32.1. The summed E-state index contributed by atoms with van der Waals surface area (Å²) >= 11 is 3.24. The lowest BCUT2D eigenvalue weighted by Crippen LogP contribution is -2.30. The molecule has 1 aliphatic heterocycles. The van der Waals surface area contributed by atoms with Crippen LogP contribution in [0.25, 0.3) is 10.6 Å². The van der Waals surface area contributed by atoms with Crippen molar-refractivity contribution in [1.29, 1.82) is 0 Å². The van der Waals surface area contributed by atoms with Crippen molar-refractivity contribution in [3.05, 3.63) is 57.0 Å². The van der Waals surface area contributed by atoms with Gasteiger partial charge in [-0.25, -0.2) is 9.97 Å². The van der Waals surface area contributed by atoms with Gasteiger partial charge in [-0.3, -0.25) is 9.69 Å². The van der Waals surface area contributed by atoms with Gasteiger partial charge >= 0.3 is 0 Å². The Bertz CT molecular complexity index is 932. The van der Waals surface area contributed by atoms with Crippen molar-refractivity contribution < 1.29 is 4.79 Å². The lowest BCUT2D eigenvalue weighted by Gasteiger charge is -2.23. The molecule has 1 aromatic carbocycles. The molecule has 0 saturated carbocycles. The first-order valence-corrected chi connectivity index (χ1v) is 11.0. The second-order valence-electron chi connectivity index (χ2n) is 7.03. The molecule has 3 heterocycles. The number of carbonyl (C=O) groups excluding carboxylic acids is 1. The zero-order valence-corrected chi connectivity index (χ0v) is 17.3. The Kier molecular flexibility index (Phi) is 5.48. The van der Waals surface area contributed by atoms with Crippen LogP contribution in [0.3, 0.4) is 0 Å². The van der Waals surface area contributed by atoms with Crippen LogP contribution in [0.4, 0.5) is 0 Å². The van der Waals surface area contributed by atoms with Gasteiger partial charge in [0, 0.05) is 11.4 Å². The van der Waals surface area contributed by atoms with Crippen molar-refractivity contribution in [3.63, 3.8) is 0 Å². The van der Waals surface area contributed by atoms with Gasteiger partial charge in [0.15, 0.2) is 5.78 Å². The fraction of sp³-hybridized carbons (Fsp3) is 0.381. The molecule has 6 heteroatoms. The van der Waals surface area contributed by atoms with Gasteiger partial charge in [-0.1, -0.05) is 30.3 Å². The zero-order valence-electron chi connectivity index (χ0n) is 15.6. The van der Waals surface area contributed by atoms with Gasteiger partial charge in [0.05, 0.1) is 34.2 Å². The number of thiazole rings is 2. The van der Waals surface area contributed by atoms with E-state index in [1.54, 1.807) is 22.7 Å². The van der Waals surface area contributed by atoms with Crippen molar-refractivity contribution in [2.75, 3.05) is 13.1 Å². The van der Waals surface area contributed by atoms with Crippen molar-refractivity contribution in [2.45, 2.75) is 39.2 Å². The molecule has 0 aliphatic carbocycles. The summed E-state index contributed by atoms with van der Waals surface area (Å²) in [6, 6.07) is 10.9. The molecule has 2 aromatic heterocycles. The predicted molar refractivity (Wildman–Crippen MR) is 111 cm³/mol. The molecule has 1 fully saturated rings. The Labute approximate surface area is 167 Å². The van der Waals surface area contributed by atoms with E-state index in [1.165, 1.54) is 5.56 Å². The van der Waals surface area contributed by atoms with Gasteiger partial charge < -0.3 is 0 Å². The molecule has 1 aliphatic rings. The molecule has 3 aromatic rings. The van der Waals surface area contributed by atoms with Crippen LogP contribution >= 0.6 is 22.7 Å². The van der Waals surface area contributed by atoms with Gasteiger partial charge in [0.25, 0.3) is 0 Å². The smallest absolute Gasteiger partial charge is 0.153 e. The number of carbonyl (C=O) groups is 1. The number of aromatic nitrogens is 2. The van der Waals surface area contributed by atoms with Gasteiger partial charge in [0.1, 0.15) is 5.01 Å². The van der Waals surface area contributed by atoms with E-state index in [0.29, 0.717) is 19.0 Å². The largest absolute Gasteiger partial charge is 0.298 e. The predicted octanol–water partition coefficient (Wildman–Crippen LogP) is 4.83. The van der Waals surface area contributed by atoms with E-state index in [4.69, 9.17) is 4.98 Å². The third kappa shape index (κ3) is 4.18. The minimum atomic E-state index is 0.246. The minimum Gasteiger partial charge on any atom is -0.298 e. The summed E-state index contributed by atoms with van der Waals surface area (Å²) in [6.45, 7) is 5.53. The number of likely N-dealkylation sites (tertiary alicyclic amines) is 1. The van der Waals surface area contributed by atoms with Crippen LogP contribution in [0.15, 0.2) is 35.7 Å². The molecular weight excluding hydrogens is 374 g/mol. The van der Waals surface area contributed by atoms with Crippen LogP contribution in [-0.2, 0) is 11.2 Å². The highest BCUT2D eigenvalue weighted by molar-refractivity contribution is 7.16. The molecule has 4 rings (SSSR count). The molecule has 27 heavy (non-hydrogen) atoms. The lowest BCUT2D eigenvalue weighted by atomic mass is 10.0. The number of hydrogen-bond donors (Lipinski definition) is 0. The first kappa shape index (κ1) is 18.5. The standard InChI is InChI=1S/C21H23N3OS2/c1-14-21(27-15(2)22-14)18-13-26-20(23-18)11-17(25)12-24-10-6-9-19(24)16-7-4-3-5-8-16/h3-5,7-8,13,19H,6,9-12H2,1-2H3. The second-order valence-corrected chi connectivity index (χ2v) is 9.17. The fourth-order valence-electron chi connectivity index (χ4n) is 3.78. The number of benzene rings is 1. The Morgan fingerprint density at radius 3 is 2.78 bits per heavy atom. The van der Waals surface area contributed by atoms with E-state index in [0.717, 1.165) is 45.7 Å². The summed E-state index contributed by atoms with van der Waals surface area (Å²) in [6.07, 6.45) is 2.69. The first-order valence-electron chi connectivity index (χ1n) is 9.29. The fourth-order valence-corrected chi connectivity index (χ4v) is 5.55. The maximum Gasteiger partial charge on any atom is 0.153 e. The number of rotatable bonds is 6. The molecular formula is C21H23N3OS2. The van der Waals surface area contributed by atoms with Crippen LogP contribution in [0.1, 0.15) is 40.2 Å². The summed E-state index contributed by atoms with van der Waals surface area (Å²) in [7, 11) is 0. The van der Waals surface area contributed by atoms with Crippen LogP contribution in [0.5, 0.6) is 0 Å². The molecule has 0 bridgehead atoms. The SMILES string of the molecule is Cc1nc(C)c(-c2csc(CC(=O)CN3CCCC3c3ccccc3)n2)s1. The highest BCUT2D eigenvalue weighted by Gasteiger charge is 2.27. The van der Waals surface area contributed by atoms with Crippen molar-refractivity contribution >= 4 is 28.5 Å². The number of Topliss-reactive ketones (excluding diaryl/α,β-unsaturated/α-hetero) is 1. The van der Waals surface area contributed by atoms with E-state index in [-0.39, 0.29) is 5.78 Å². The van der Waals surface area contributed by atoms with E-state index < -0.39 is 0 Å². The minimum absolute atomic E-state index is 0.246. The first-order chi connectivity index (χ1) is 13.1. The van der Waals surface area contributed by atoms with E-state index in [1.807, 2.05) is 25.3 Å². The van der Waals surface area contributed by atoms with Gasteiger partial charge in [0.2, 0.25) is 0 Å². The second kappa shape index (κ2) is 8.00. The monoisotopic (exact) mass is 397 g/mol. The Balaban J connectivity index is 1.40. The maximum atomic E-state index is 12.7. The Morgan fingerprint density at radius 2 is 2.04 bits per heavy atom. The van der Waals surface area contributed by atoms with E-state index in [9.17, 15) is 4.79 Å². The number of nitrogens with zero attached hydrogens (tertiary/aromatic N) is 3. The van der Waals surface area contributed by atoms with Gasteiger partial charge in [-0.05, 0) is 38.8 Å². The molecule has 0 spiro atoms. The third-order valence-electron chi connectivity index (χ3n) is 4.96. The summed E-state index contributed by atoms with van der Waals surface area (Å²) in [5.41, 5.74) is 3.29. The summed E-state index contributed by atoms with van der Waals surface area (Å²) in [5, 5.41) is 4.00. The summed E-state index contributed by atoms with van der Waals surface area (Å²) in [4.78, 5) is 25.3. The van der Waals surface area contributed by atoms with E-state index >= 15 is 0 Å².